The SMILES string of the molecule is CCCNC(c1cc(C)c(Br)s1)C1CCC(C)CC1. The van der Waals surface area contributed by atoms with E-state index >= 15 is 0 Å². The van der Waals surface area contributed by atoms with Crippen LogP contribution in [0.15, 0.2) is 9.85 Å². The molecule has 0 saturated heterocycles. The highest BCUT2D eigenvalue weighted by molar-refractivity contribution is 9.11. The van der Waals surface area contributed by atoms with E-state index in [1.54, 1.807) is 0 Å². The molecule has 2 rings (SSSR count). The maximum Gasteiger partial charge on any atom is 0.0731 e. The summed E-state index contributed by atoms with van der Waals surface area (Å²) in [5.74, 6) is 1.76. The Morgan fingerprint density at radius 1 is 1.37 bits per heavy atom. The molecule has 0 spiro atoms. The summed E-state index contributed by atoms with van der Waals surface area (Å²) >= 11 is 5.60. The van der Waals surface area contributed by atoms with Crippen molar-refractivity contribution in [2.75, 3.05) is 6.54 Å². The second kappa shape index (κ2) is 7.24. The minimum atomic E-state index is 0.572. The largest absolute Gasteiger partial charge is 0.309 e. The van der Waals surface area contributed by atoms with Crippen molar-refractivity contribution in [3.63, 3.8) is 0 Å². The van der Waals surface area contributed by atoms with Crippen LogP contribution in [0.25, 0.3) is 0 Å². The summed E-state index contributed by atoms with van der Waals surface area (Å²) in [4.78, 5) is 1.53. The second-order valence-corrected chi connectivity index (χ2v) is 8.46. The second-order valence-electron chi connectivity index (χ2n) is 6.06. The number of hydrogen-bond donors (Lipinski definition) is 1. The molecule has 0 amide bonds. The highest BCUT2D eigenvalue weighted by Gasteiger charge is 2.28. The first-order chi connectivity index (χ1) is 9.11. The van der Waals surface area contributed by atoms with Crippen molar-refractivity contribution >= 4 is 27.3 Å². The van der Waals surface area contributed by atoms with Crippen LogP contribution in [-0.2, 0) is 0 Å². The van der Waals surface area contributed by atoms with Crippen LogP contribution in [0.2, 0.25) is 0 Å². The summed E-state index contributed by atoms with van der Waals surface area (Å²) < 4.78 is 1.30. The minimum Gasteiger partial charge on any atom is -0.309 e. The zero-order chi connectivity index (χ0) is 13.8. The van der Waals surface area contributed by atoms with E-state index in [0.717, 1.165) is 18.4 Å². The molecule has 1 N–H and O–H groups in total. The Hall–Kier alpha value is 0.140. The fourth-order valence-corrected chi connectivity index (χ4v) is 4.80. The Balaban J connectivity index is 2.10. The molecule has 1 aromatic heterocycles. The first-order valence-electron chi connectivity index (χ1n) is 7.61. The van der Waals surface area contributed by atoms with E-state index in [4.69, 9.17) is 0 Å². The molecule has 1 aromatic rings. The molecule has 1 unspecified atom stereocenters. The first-order valence-corrected chi connectivity index (χ1v) is 9.22. The number of rotatable bonds is 5. The summed E-state index contributed by atoms with van der Waals surface area (Å²) in [6.07, 6.45) is 6.79. The molecule has 19 heavy (non-hydrogen) atoms. The van der Waals surface area contributed by atoms with E-state index in [1.807, 2.05) is 11.3 Å². The van der Waals surface area contributed by atoms with Crippen molar-refractivity contribution in [1.29, 1.82) is 0 Å². The van der Waals surface area contributed by atoms with E-state index < -0.39 is 0 Å². The highest BCUT2D eigenvalue weighted by atomic mass is 79.9. The molecule has 1 aliphatic rings. The van der Waals surface area contributed by atoms with Gasteiger partial charge in [-0.25, -0.2) is 0 Å². The molecule has 1 nitrogen and oxygen atoms in total. The van der Waals surface area contributed by atoms with Crippen molar-refractivity contribution in [2.24, 2.45) is 11.8 Å². The molecule has 1 fully saturated rings. The van der Waals surface area contributed by atoms with E-state index in [2.05, 4.69) is 48.1 Å². The lowest BCUT2D eigenvalue weighted by molar-refractivity contribution is 0.233. The van der Waals surface area contributed by atoms with Gasteiger partial charge in [0.25, 0.3) is 0 Å². The molecule has 1 atom stereocenters. The van der Waals surface area contributed by atoms with Gasteiger partial charge < -0.3 is 5.32 Å². The van der Waals surface area contributed by atoms with Crippen LogP contribution < -0.4 is 5.32 Å². The van der Waals surface area contributed by atoms with Gasteiger partial charge in [0, 0.05) is 10.9 Å². The number of aryl methyl sites for hydroxylation is 1. The number of nitrogens with one attached hydrogen (secondary N) is 1. The van der Waals surface area contributed by atoms with Crippen LogP contribution >= 0.6 is 27.3 Å². The molecule has 0 bridgehead atoms. The Kier molecular flexibility index (Phi) is 5.91. The normalized spacial score (nSPS) is 25.5. The predicted octanol–water partition coefficient (Wildman–Crippen LogP) is 5.69. The van der Waals surface area contributed by atoms with Crippen molar-refractivity contribution in [2.45, 2.75) is 58.9 Å². The molecule has 0 aliphatic heterocycles. The third-order valence-electron chi connectivity index (χ3n) is 4.33. The molecular formula is C16H26BrNS. The van der Waals surface area contributed by atoms with E-state index in [0.29, 0.717) is 6.04 Å². The number of thiophene rings is 1. The van der Waals surface area contributed by atoms with Gasteiger partial charge in [-0.3, -0.25) is 0 Å². The maximum atomic E-state index is 3.80. The third kappa shape index (κ3) is 4.05. The number of hydrogen-bond acceptors (Lipinski definition) is 2. The highest BCUT2D eigenvalue weighted by Crippen LogP contribution is 2.40. The van der Waals surface area contributed by atoms with Gasteiger partial charge in [-0.05, 0) is 72.1 Å². The van der Waals surface area contributed by atoms with Crippen molar-refractivity contribution < 1.29 is 0 Å². The maximum absolute atomic E-state index is 3.80. The summed E-state index contributed by atoms with van der Waals surface area (Å²) in [7, 11) is 0. The Morgan fingerprint density at radius 3 is 2.58 bits per heavy atom. The lowest BCUT2D eigenvalue weighted by Gasteiger charge is -2.33. The van der Waals surface area contributed by atoms with Crippen LogP contribution in [0, 0.1) is 18.8 Å². The summed E-state index contributed by atoms with van der Waals surface area (Å²) in [5.41, 5.74) is 1.38. The van der Waals surface area contributed by atoms with Gasteiger partial charge in [-0.15, -0.1) is 11.3 Å². The fourth-order valence-electron chi connectivity index (χ4n) is 3.06. The molecule has 1 aliphatic carbocycles. The van der Waals surface area contributed by atoms with Crippen molar-refractivity contribution in [3.05, 3.63) is 20.3 Å². The molecule has 108 valence electrons. The Labute approximate surface area is 130 Å². The standard InChI is InChI=1S/C16H26BrNS/c1-4-9-18-15(13-7-5-11(2)6-8-13)14-10-12(3)16(17)19-14/h10-11,13,15,18H,4-9H2,1-3H3. The predicted molar refractivity (Wildman–Crippen MR) is 88.9 cm³/mol. The third-order valence-corrected chi connectivity index (χ3v) is 6.55. The zero-order valence-electron chi connectivity index (χ0n) is 12.3. The lowest BCUT2D eigenvalue weighted by Crippen LogP contribution is -2.30. The van der Waals surface area contributed by atoms with Crippen molar-refractivity contribution in [3.8, 4) is 0 Å². The Bertz CT molecular complexity index is 374. The van der Waals surface area contributed by atoms with Crippen LogP contribution in [0.3, 0.4) is 0 Å². The number of halogens is 1. The molecule has 3 heteroatoms. The van der Waals surface area contributed by atoms with Gasteiger partial charge in [0.15, 0.2) is 0 Å². The van der Waals surface area contributed by atoms with Crippen LogP contribution in [0.1, 0.15) is 62.4 Å². The van der Waals surface area contributed by atoms with Gasteiger partial charge in [-0.2, -0.15) is 0 Å². The fraction of sp³-hybridized carbons (Fsp3) is 0.750. The molecule has 1 saturated carbocycles. The van der Waals surface area contributed by atoms with Crippen LogP contribution in [0.4, 0.5) is 0 Å². The first kappa shape index (κ1) is 15.5. The quantitative estimate of drug-likeness (QED) is 0.724. The summed E-state index contributed by atoms with van der Waals surface area (Å²) in [5, 5.41) is 3.80. The van der Waals surface area contributed by atoms with Crippen LogP contribution in [0.5, 0.6) is 0 Å². The van der Waals surface area contributed by atoms with Crippen molar-refractivity contribution in [1.82, 2.24) is 5.32 Å². The molecule has 1 heterocycles. The topological polar surface area (TPSA) is 12.0 Å². The molecular weight excluding hydrogens is 318 g/mol. The summed E-state index contributed by atoms with van der Waals surface area (Å²) in [6.45, 7) is 7.98. The average Bonchev–Trinajstić information content (AvgIpc) is 2.72. The van der Waals surface area contributed by atoms with E-state index in [-0.39, 0.29) is 0 Å². The molecule has 0 aromatic carbocycles. The van der Waals surface area contributed by atoms with Crippen LogP contribution in [-0.4, -0.2) is 6.54 Å². The monoisotopic (exact) mass is 343 g/mol. The van der Waals surface area contributed by atoms with Gasteiger partial charge >= 0.3 is 0 Å². The lowest BCUT2D eigenvalue weighted by atomic mass is 9.79. The van der Waals surface area contributed by atoms with E-state index in [1.165, 1.54) is 46.3 Å². The average molecular weight is 344 g/mol. The molecule has 0 radical (unpaired) electrons. The smallest absolute Gasteiger partial charge is 0.0731 e. The van der Waals surface area contributed by atoms with E-state index in [9.17, 15) is 0 Å². The van der Waals surface area contributed by atoms with Gasteiger partial charge in [0.2, 0.25) is 0 Å². The van der Waals surface area contributed by atoms with Gasteiger partial charge in [0.1, 0.15) is 0 Å². The minimum absolute atomic E-state index is 0.572. The van der Waals surface area contributed by atoms with Gasteiger partial charge in [-0.1, -0.05) is 26.7 Å². The summed E-state index contributed by atoms with van der Waals surface area (Å²) in [6, 6.07) is 2.95. The Morgan fingerprint density at radius 2 is 2.05 bits per heavy atom. The zero-order valence-corrected chi connectivity index (χ0v) is 14.7. The van der Waals surface area contributed by atoms with Gasteiger partial charge in [0.05, 0.1) is 3.79 Å².